The van der Waals surface area contributed by atoms with Crippen LogP contribution in [0.3, 0.4) is 0 Å². The molecular weight excluding hydrogens is 384 g/mol. The van der Waals surface area contributed by atoms with Gasteiger partial charge in [0.15, 0.2) is 10.8 Å². The number of hydrogen-bond acceptors (Lipinski definition) is 5. The van der Waals surface area contributed by atoms with Gasteiger partial charge < -0.3 is 5.32 Å². The first-order valence-electron chi connectivity index (χ1n) is 8.20. The lowest BCUT2D eigenvalue weighted by atomic mass is 9.96. The van der Waals surface area contributed by atoms with Crippen molar-refractivity contribution in [2.45, 2.75) is 43.5 Å². The van der Waals surface area contributed by atoms with E-state index in [9.17, 15) is 8.78 Å². The Bertz CT molecular complexity index is 868. The first-order valence-corrected chi connectivity index (χ1v) is 10.3. The van der Waals surface area contributed by atoms with Gasteiger partial charge in [-0.05, 0) is 42.0 Å². The number of rotatable bonds is 4. The lowest BCUT2D eigenvalue weighted by molar-refractivity contribution is 0.0970. The molecule has 3 aromatic heterocycles. The molecule has 1 N–H and O–H groups in total. The highest BCUT2D eigenvalue weighted by Crippen LogP contribution is 2.42. The molecule has 3 heterocycles. The third-order valence-electron chi connectivity index (χ3n) is 4.37. The normalized spacial score (nSPS) is 16.4. The van der Waals surface area contributed by atoms with Crippen LogP contribution in [0.4, 0.5) is 13.9 Å². The van der Waals surface area contributed by atoms with Gasteiger partial charge in [-0.15, -0.1) is 11.3 Å². The summed E-state index contributed by atoms with van der Waals surface area (Å²) >= 11 is 8.03. The summed E-state index contributed by atoms with van der Waals surface area (Å²) in [5.41, 5.74) is 0.577. The number of thiazole rings is 1. The molecule has 1 fully saturated rings. The summed E-state index contributed by atoms with van der Waals surface area (Å²) in [6.45, 7) is 0. The summed E-state index contributed by atoms with van der Waals surface area (Å²) < 4.78 is 28.3. The second kappa shape index (κ2) is 6.78. The number of fused-ring (bicyclic) bond motifs is 1. The summed E-state index contributed by atoms with van der Waals surface area (Å²) in [5, 5.41) is 2.45. The molecule has 0 radical (unpaired) electrons. The van der Waals surface area contributed by atoms with Crippen LogP contribution in [0, 0.1) is 0 Å². The quantitative estimate of drug-likeness (QED) is 0.512. The second-order valence-corrected chi connectivity index (χ2v) is 8.60. The van der Waals surface area contributed by atoms with Crippen LogP contribution in [0.25, 0.3) is 20.9 Å². The van der Waals surface area contributed by atoms with Crippen molar-refractivity contribution in [3.05, 3.63) is 29.1 Å². The van der Waals surface area contributed by atoms with Crippen molar-refractivity contribution >= 4 is 49.8 Å². The van der Waals surface area contributed by atoms with Gasteiger partial charge in [0.05, 0.1) is 20.8 Å². The zero-order chi connectivity index (χ0) is 17.4. The number of alkyl halides is 3. The highest BCUT2D eigenvalue weighted by Gasteiger charge is 2.33. The van der Waals surface area contributed by atoms with Crippen molar-refractivity contribution in [3.8, 4) is 10.6 Å². The Balaban J connectivity index is 1.76. The molecule has 8 heteroatoms. The number of nitrogens with one attached hydrogen (secondary N) is 1. The topological polar surface area (TPSA) is 37.8 Å². The standard InChI is InChI=1S/C17H16ClF2N3S2/c18-17(19,20)11-9-12(13-7-4-8-24-13)22-15-14(11)25-16(23-15)21-10-5-2-1-3-6-10/h4,7-10H,1-3,5-6H2,(H,21,22,23). The van der Waals surface area contributed by atoms with Crippen molar-refractivity contribution in [1.29, 1.82) is 0 Å². The van der Waals surface area contributed by atoms with Crippen molar-refractivity contribution in [2.24, 2.45) is 0 Å². The number of nitrogens with zero attached hydrogens (tertiary/aromatic N) is 2. The fourth-order valence-electron chi connectivity index (χ4n) is 3.16. The minimum Gasteiger partial charge on any atom is -0.359 e. The predicted octanol–water partition coefficient (Wildman–Crippen LogP) is 6.45. The number of halogens is 3. The molecule has 0 amide bonds. The summed E-state index contributed by atoms with van der Waals surface area (Å²) in [5.74, 6) is 0. The first-order chi connectivity index (χ1) is 12.0. The van der Waals surface area contributed by atoms with Crippen LogP contribution in [-0.2, 0) is 5.38 Å². The second-order valence-electron chi connectivity index (χ2n) is 6.18. The Morgan fingerprint density at radius 2 is 2.00 bits per heavy atom. The molecule has 0 atom stereocenters. The van der Waals surface area contributed by atoms with Gasteiger partial charge in [0.1, 0.15) is 0 Å². The minimum absolute atomic E-state index is 0.225. The van der Waals surface area contributed by atoms with Crippen LogP contribution < -0.4 is 5.32 Å². The highest BCUT2D eigenvalue weighted by atomic mass is 35.5. The third-order valence-corrected chi connectivity index (χ3v) is 6.48. The molecule has 3 nitrogen and oxygen atoms in total. The van der Waals surface area contributed by atoms with Crippen LogP contribution in [-0.4, -0.2) is 16.0 Å². The van der Waals surface area contributed by atoms with E-state index in [4.69, 9.17) is 11.6 Å². The van der Waals surface area contributed by atoms with E-state index in [2.05, 4.69) is 15.3 Å². The summed E-state index contributed by atoms with van der Waals surface area (Å²) in [6, 6.07) is 5.44. The Morgan fingerprint density at radius 3 is 2.68 bits per heavy atom. The molecule has 1 aliphatic rings. The molecule has 0 aliphatic heterocycles. The maximum atomic E-state index is 14.0. The number of pyridine rings is 1. The molecule has 0 bridgehead atoms. The average Bonchev–Trinajstić information content (AvgIpc) is 3.23. The van der Waals surface area contributed by atoms with Gasteiger partial charge >= 0.3 is 5.38 Å². The van der Waals surface area contributed by atoms with Crippen LogP contribution in [0.1, 0.15) is 37.7 Å². The van der Waals surface area contributed by atoms with Crippen molar-refractivity contribution in [2.75, 3.05) is 5.32 Å². The molecule has 0 aromatic carbocycles. The van der Waals surface area contributed by atoms with Gasteiger partial charge in [0.25, 0.3) is 0 Å². The molecule has 1 saturated carbocycles. The maximum Gasteiger partial charge on any atom is 0.349 e. The lowest BCUT2D eigenvalue weighted by Gasteiger charge is -2.22. The summed E-state index contributed by atoms with van der Waals surface area (Å²) in [7, 11) is 0. The average molecular weight is 400 g/mol. The van der Waals surface area contributed by atoms with Gasteiger partial charge in [-0.1, -0.05) is 36.7 Å². The minimum atomic E-state index is -3.46. The molecular formula is C17H16ClF2N3S2. The zero-order valence-electron chi connectivity index (χ0n) is 13.3. The van der Waals surface area contributed by atoms with Crippen LogP contribution in [0.2, 0.25) is 0 Å². The smallest absolute Gasteiger partial charge is 0.349 e. The SMILES string of the molecule is FC(F)(Cl)c1cc(-c2cccs2)nc2nc(NC3CCCCC3)sc12. The van der Waals surface area contributed by atoms with Crippen molar-refractivity contribution in [1.82, 2.24) is 9.97 Å². The van der Waals surface area contributed by atoms with Gasteiger partial charge in [-0.3, -0.25) is 0 Å². The Morgan fingerprint density at radius 1 is 1.20 bits per heavy atom. The molecule has 25 heavy (non-hydrogen) atoms. The summed E-state index contributed by atoms with van der Waals surface area (Å²) in [6.07, 6.45) is 5.81. The van der Waals surface area contributed by atoms with E-state index in [1.54, 1.807) is 0 Å². The number of thiophene rings is 1. The summed E-state index contributed by atoms with van der Waals surface area (Å²) in [4.78, 5) is 9.76. The molecule has 0 saturated heterocycles. The lowest BCUT2D eigenvalue weighted by Crippen LogP contribution is -2.21. The van der Waals surface area contributed by atoms with E-state index in [0.29, 0.717) is 27.2 Å². The molecule has 132 valence electrons. The van der Waals surface area contributed by atoms with Crippen LogP contribution in [0.5, 0.6) is 0 Å². The predicted molar refractivity (Wildman–Crippen MR) is 101 cm³/mol. The van der Waals surface area contributed by atoms with Crippen molar-refractivity contribution < 1.29 is 8.78 Å². The van der Waals surface area contributed by atoms with Gasteiger partial charge in [-0.25, -0.2) is 9.97 Å². The largest absolute Gasteiger partial charge is 0.359 e. The van der Waals surface area contributed by atoms with E-state index in [-0.39, 0.29) is 5.56 Å². The van der Waals surface area contributed by atoms with Crippen molar-refractivity contribution in [3.63, 3.8) is 0 Å². The Hall–Kier alpha value is -1.31. The fourth-order valence-corrected chi connectivity index (χ4v) is 5.08. The molecule has 4 rings (SSSR count). The van der Waals surface area contributed by atoms with E-state index in [1.165, 1.54) is 48.0 Å². The van der Waals surface area contributed by atoms with Gasteiger partial charge in [0.2, 0.25) is 0 Å². The van der Waals surface area contributed by atoms with Gasteiger partial charge in [0, 0.05) is 6.04 Å². The van der Waals surface area contributed by atoms with E-state index in [0.717, 1.165) is 17.7 Å². The fraction of sp³-hybridized carbons (Fsp3) is 0.412. The van der Waals surface area contributed by atoms with Crippen LogP contribution in [0.15, 0.2) is 23.6 Å². The van der Waals surface area contributed by atoms with E-state index in [1.807, 2.05) is 17.5 Å². The highest BCUT2D eigenvalue weighted by molar-refractivity contribution is 7.22. The first kappa shape index (κ1) is 17.1. The number of aromatic nitrogens is 2. The van der Waals surface area contributed by atoms with Crippen LogP contribution >= 0.6 is 34.3 Å². The van der Waals surface area contributed by atoms with Gasteiger partial charge in [-0.2, -0.15) is 8.78 Å². The number of hydrogen-bond donors (Lipinski definition) is 1. The molecule has 1 aliphatic carbocycles. The number of anilines is 1. The maximum absolute atomic E-state index is 14.0. The Labute approximate surface area is 157 Å². The monoisotopic (exact) mass is 399 g/mol. The molecule has 0 unspecified atom stereocenters. The van der Waals surface area contributed by atoms with E-state index < -0.39 is 5.38 Å². The third kappa shape index (κ3) is 3.64. The van der Waals surface area contributed by atoms with E-state index >= 15 is 0 Å². The zero-order valence-corrected chi connectivity index (χ0v) is 15.7. The molecule has 0 spiro atoms. The Kier molecular flexibility index (Phi) is 4.64. The molecule has 3 aromatic rings.